The van der Waals surface area contributed by atoms with E-state index in [2.05, 4.69) is 59.1 Å². The number of piperidine rings is 1. The van der Waals surface area contributed by atoms with Gasteiger partial charge in [-0.05, 0) is 46.1 Å². The molecule has 8 heteroatoms. The van der Waals surface area contributed by atoms with Gasteiger partial charge in [-0.2, -0.15) is 0 Å². The lowest BCUT2D eigenvalue weighted by Gasteiger charge is -2.46. The van der Waals surface area contributed by atoms with E-state index in [1.807, 2.05) is 30.3 Å². The molecule has 0 unspecified atom stereocenters. The van der Waals surface area contributed by atoms with E-state index in [1.165, 1.54) is 6.33 Å². The molecule has 1 saturated heterocycles. The number of nitrogens with two attached hydrogens (primary N) is 1. The maximum absolute atomic E-state index is 12.2. The molecule has 0 aliphatic carbocycles. The molecular formula is C21H31N7O. The standard InChI is InChI=1S/C21H31N7O/c1-20(2)11-15(12-21(3,4)28-20)25-18-17(22)19(24-13-23-18)27-26-16(29)10-14-8-6-5-7-9-14/h5-9,13,15,28H,10-12,22H2,1-4H3,(H,26,29)(H2,23,24,25,27). The summed E-state index contributed by atoms with van der Waals surface area (Å²) in [5.41, 5.74) is 13.0. The summed E-state index contributed by atoms with van der Waals surface area (Å²) in [6, 6.07) is 9.75. The molecule has 2 heterocycles. The Hall–Kier alpha value is -2.87. The number of aromatic nitrogens is 2. The molecule has 1 aromatic heterocycles. The van der Waals surface area contributed by atoms with Gasteiger partial charge in [-0.1, -0.05) is 30.3 Å². The Morgan fingerprint density at radius 2 is 1.72 bits per heavy atom. The lowest BCUT2D eigenvalue weighted by atomic mass is 9.79. The van der Waals surface area contributed by atoms with Crippen LogP contribution in [0.2, 0.25) is 0 Å². The van der Waals surface area contributed by atoms with Crippen molar-refractivity contribution >= 4 is 23.2 Å². The molecule has 0 radical (unpaired) electrons. The molecule has 0 spiro atoms. The highest BCUT2D eigenvalue weighted by atomic mass is 16.2. The van der Waals surface area contributed by atoms with E-state index in [4.69, 9.17) is 5.73 Å². The van der Waals surface area contributed by atoms with Crippen LogP contribution in [0.3, 0.4) is 0 Å². The molecule has 1 aromatic carbocycles. The van der Waals surface area contributed by atoms with Crippen molar-refractivity contribution in [2.45, 2.75) is 64.1 Å². The second-order valence-corrected chi connectivity index (χ2v) is 8.96. The van der Waals surface area contributed by atoms with Crippen molar-refractivity contribution in [1.82, 2.24) is 20.7 Å². The second-order valence-electron chi connectivity index (χ2n) is 8.96. The molecule has 3 rings (SSSR count). The highest BCUT2D eigenvalue weighted by Crippen LogP contribution is 2.32. The smallest absolute Gasteiger partial charge is 0.242 e. The fraction of sp³-hybridized carbons (Fsp3) is 0.476. The van der Waals surface area contributed by atoms with Crippen LogP contribution < -0.4 is 27.2 Å². The van der Waals surface area contributed by atoms with Crippen molar-refractivity contribution in [3.63, 3.8) is 0 Å². The van der Waals surface area contributed by atoms with Crippen molar-refractivity contribution in [3.05, 3.63) is 42.2 Å². The predicted octanol–water partition coefficient (Wildman–Crippen LogP) is 2.47. The Morgan fingerprint density at radius 3 is 2.38 bits per heavy atom. The van der Waals surface area contributed by atoms with Crippen molar-refractivity contribution < 1.29 is 4.79 Å². The lowest BCUT2D eigenvalue weighted by molar-refractivity contribution is -0.119. The number of carbonyl (C=O) groups is 1. The number of nitrogen functional groups attached to an aromatic ring is 1. The molecule has 156 valence electrons. The largest absolute Gasteiger partial charge is 0.393 e. The zero-order valence-corrected chi connectivity index (χ0v) is 17.5. The van der Waals surface area contributed by atoms with Gasteiger partial charge in [0.1, 0.15) is 12.0 Å². The molecule has 0 atom stereocenters. The molecule has 1 fully saturated rings. The highest BCUT2D eigenvalue weighted by molar-refractivity contribution is 5.81. The van der Waals surface area contributed by atoms with Crippen LogP contribution in [0.4, 0.5) is 17.3 Å². The van der Waals surface area contributed by atoms with Crippen LogP contribution in [-0.4, -0.2) is 33.0 Å². The van der Waals surface area contributed by atoms with Gasteiger partial charge in [0.15, 0.2) is 11.6 Å². The number of benzene rings is 1. The molecule has 0 bridgehead atoms. The van der Waals surface area contributed by atoms with Crippen LogP contribution in [0.1, 0.15) is 46.1 Å². The van der Waals surface area contributed by atoms with Crippen LogP contribution in [0, 0.1) is 0 Å². The Kier molecular flexibility index (Phi) is 5.93. The molecule has 6 N–H and O–H groups in total. The van der Waals surface area contributed by atoms with Crippen LogP contribution in [0.15, 0.2) is 36.7 Å². The number of rotatable bonds is 6. The topological polar surface area (TPSA) is 117 Å². The minimum absolute atomic E-state index is 0.00764. The predicted molar refractivity (Wildman–Crippen MR) is 116 cm³/mol. The van der Waals surface area contributed by atoms with Gasteiger partial charge < -0.3 is 16.4 Å². The molecular weight excluding hydrogens is 366 g/mol. The Bertz CT molecular complexity index is 835. The molecule has 1 amide bonds. The van der Waals surface area contributed by atoms with Crippen LogP contribution in [0.25, 0.3) is 0 Å². The van der Waals surface area contributed by atoms with Crippen molar-refractivity contribution in [2.75, 3.05) is 16.5 Å². The Balaban J connectivity index is 1.63. The minimum atomic E-state index is -0.175. The van der Waals surface area contributed by atoms with Gasteiger partial charge in [-0.3, -0.25) is 15.6 Å². The highest BCUT2D eigenvalue weighted by Gasteiger charge is 2.37. The first-order valence-corrected chi connectivity index (χ1v) is 9.89. The van der Waals surface area contributed by atoms with E-state index >= 15 is 0 Å². The molecule has 8 nitrogen and oxygen atoms in total. The number of nitrogens with zero attached hydrogens (tertiary/aromatic N) is 2. The summed E-state index contributed by atoms with van der Waals surface area (Å²) in [4.78, 5) is 20.6. The maximum Gasteiger partial charge on any atom is 0.242 e. The SMILES string of the molecule is CC1(C)CC(Nc2ncnc(NNC(=O)Cc3ccccc3)c2N)CC(C)(C)N1. The van der Waals surface area contributed by atoms with E-state index < -0.39 is 0 Å². The first-order chi connectivity index (χ1) is 13.6. The first kappa shape index (κ1) is 20.9. The van der Waals surface area contributed by atoms with E-state index in [0.717, 1.165) is 18.4 Å². The summed E-state index contributed by atoms with van der Waals surface area (Å²) in [5, 5.41) is 7.12. The first-order valence-electron chi connectivity index (χ1n) is 9.89. The zero-order chi connectivity index (χ0) is 21.1. The average Bonchev–Trinajstić information content (AvgIpc) is 2.60. The van der Waals surface area contributed by atoms with E-state index in [0.29, 0.717) is 17.3 Å². The summed E-state index contributed by atoms with van der Waals surface area (Å²) in [7, 11) is 0. The molecule has 29 heavy (non-hydrogen) atoms. The van der Waals surface area contributed by atoms with Gasteiger partial charge in [0.05, 0.1) is 6.42 Å². The third-order valence-electron chi connectivity index (χ3n) is 4.94. The molecule has 2 aromatic rings. The summed E-state index contributed by atoms with van der Waals surface area (Å²) < 4.78 is 0. The average molecular weight is 398 g/mol. The summed E-state index contributed by atoms with van der Waals surface area (Å²) in [6.45, 7) is 8.78. The van der Waals surface area contributed by atoms with Crippen LogP contribution in [0.5, 0.6) is 0 Å². The van der Waals surface area contributed by atoms with E-state index in [-0.39, 0.29) is 29.4 Å². The van der Waals surface area contributed by atoms with Crippen molar-refractivity contribution in [2.24, 2.45) is 0 Å². The van der Waals surface area contributed by atoms with Crippen molar-refractivity contribution in [1.29, 1.82) is 0 Å². The van der Waals surface area contributed by atoms with Crippen molar-refractivity contribution in [3.8, 4) is 0 Å². The van der Waals surface area contributed by atoms with E-state index in [9.17, 15) is 4.79 Å². The second kappa shape index (κ2) is 8.24. The van der Waals surface area contributed by atoms with Gasteiger partial charge in [0.2, 0.25) is 5.91 Å². The van der Waals surface area contributed by atoms with E-state index in [1.54, 1.807) is 0 Å². The summed E-state index contributed by atoms with van der Waals surface area (Å²) in [6.07, 6.45) is 3.58. The quantitative estimate of drug-likeness (QED) is 0.475. The number of nitrogens with one attached hydrogen (secondary N) is 4. The molecule has 1 aliphatic heterocycles. The monoisotopic (exact) mass is 397 g/mol. The Labute approximate surface area is 172 Å². The molecule has 0 saturated carbocycles. The Morgan fingerprint density at radius 1 is 1.10 bits per heavy atom. The fourth-order valence-corrected chi connectivity index (χ4v) is 4.18. The van der Waals surface area contributed by atoms with Gasteiger partial charge in [0.25, 0.3) is 0 Å². The normalized spacial score (nSPS) is 18.1. The number of hydrazine groups is 1. The maximum atomic E-state index is 12.2. The van der Waals surface area contributed by atoms with Crippen LogP contribution in [-0.2, 0) is 11.2 Å². The number of amides is 1. The third-order valence-corrected chi connectivity index (χ3v) is 4.94. The van der Waals surface area contributed by atoms with Gasteiger partial charge in [-0.15, -0.1) is 0 Å². The van der Waals surface area contributed by atoms with Gasteiger partial charge in [0, 0.05) is 17.1 Å². The summed E-state index contributed by atoms with van der Waals surface area (Å²) >= 11 is 0. The third kappa shape index (κ3) is 5.80. The number of hydrogen-bond donors (Lipinski definition) is 5. The lowest BCUT2D eigenvalue weighted by Crippen LogP contribution is -2.60. The number of hydrogen-bond acceptors (Lipinski definition) is 7. The number of carbonyl (C=O) groups excluding carboxylic acids is 1. The van der Waals surface area contributed by atoms with Gasteiger partial charge in [-0.25, -0.2) is 9.97 Å². The minimum Gasteiger partial charge on any atom is -0.393 e. The molecule has 1 aliphatic rings. The number of anilines is 3. The van der Waals surface area contributed by atoms with Crippen LogP contribution >= 0.6 is 0 Å². The fourth-order valence-electron chi connectivity index (χ4n) is 4.18. The summed E-state index contributed by atoms with van der Waals surface area (Å²) in [5.74, 6) is 0.764. The zero-order valence-electron chi connectivity index (χ0n) is 17.5. The van der Waals surface area contributed by atoms with Gasteiger partial charge >= 0.3 is 0 Å².